The maximum atomic E-state index is 13.0. The zero-order valence-electron chi connectivity index (χ0n) is 21.4. The van der Waals surface area contributed by atoms with E-state index in [1.165, 1.54) is 42.5 Å². The van der Waals surface area contributed by atoms with Crippen molar-refractivity contribution >= 4 is 28.6 Å². The summed E-state index contributed by atoms with van der Waals surface area (Å²) in [5, 5.41) is 8.67. The quantitative estimate of drug-likeness (QED) is 0.455. The van der Waals surface area contributed by atoms with E-state index >= 15 is 0 Å². The number of ketones is 1. The van der Waals surface area contributed by atoms with Gasteiger partial charge in [0.05, 0.1) is 19.2 Å². The SMILES string of the molecule is [2H]C([2H])(c1ccccc1)n1c(C([2H])([2H])C([2H])([2H])[2H])c(C(=O)C(N)=O)c2c(OCC(=O)O)cccc21. The number of primary amides is 1. The Labute approximate surface area is 171 Å². The molecule has 0 aliphatic rings. The maximum Gasteiger partial charge on any atom is 0.341 e. The number of amides is 1. The zero-order chi connectivity index (χ0) is 26.3. The number of carboxylic acids is 1. The molecule has 28 heavy (non-hydrogen) atoms. The molecule has 1 aromatic heterocycles. The zero-order valence-corrected chi connectivity index (χ0v) is 14.4. The summed E-state index contributed by atoms with van der Waals surface area (Å²) in [5.74, 6) is -4.74. The van der Waals surface area contributed by atoms with E-state index < -0.39 is 55.2 Å². The summed E-state index contributed by atoms with van der Waals surface area (Å²) in [6.07, 6.45) is -3.36. The third-order valence-corrected chi connectivity index (χ3v) is 3.89. The lowest BCUT2D eigenvalue weighted by Gasteiger charge is -2.11. The summed E-state index contributed by atoms with van der Waals surface area (Å²) in [6, 6.07) is 11.2. The fourth-order valence-electron chi connectivity index (χ4n) is 2.79. The Morgan fingerprint density at radius 1 is 1.18 bits per heavy atom. The summed E-state index contributed by atoms with van der Waals surface area (Å²) in [4.78, 5) is 36.0. The number of aromatic nitrogens is 1. The van der Waals surface area contributed by atoms with Gasteiger partial charge in [-0.2, -0.15) is 0 Å². The second-order valence-corrected chi connectivity index (χ2v) is 5.69. The lowest BCUT2D eigenvalue weighted by molar-refractivity contribution is -0.139. The van der Waals surface area contributed by atoms with E-state index in [-0.39, 0.29) is 22.2 Å². The van der Waals surface area contributed by atoms with Gasteiger partial charge in [-0.3, -0.25) is 9.59 Å². The molecule has 1 heterocycles. The second kappa shape index (κ2) is 7.96. The number of hydrogen-bond donors (Lipinski definition) is 2. The van der Waals surface area contributed by atoms with E-state index in [4.69, 9.17) is 25.2 Å². The number of nitrogens with two attached hydrogens (primary N) is 1. The molecule has 2 aromatic carbocycles. The number of hydrogen-bond acceptors (Lipinski definition) is 4. The highest BCUT2D eigenvalue weighted by Gasteiger charge is 2.27. The molecule has 0 atom stereocenters. The summed E-state index contributed by atoms with van der Waals surface area (Å²) in [6.45, 7) is -6.95. The number of nitrogens with zero attached hydrogens (tertiary/aromatic N) is 1. The molecule has 3 rings (SSSR count). The van der Waals surface area contributed by atoms with Crippen molar-refractivity contribution in [1.82, 2.24) is 4.57 Å². The van der Waals surface area contributed by atoms with Gasteiger partial charge in [-0.1, -0.05) is 43.3 Å². The van der Waals surface area contributed by atoms with Crippen LogP contribution in [0, 0.1) is 0 Å². The molecule has 0 saturated carbocycles. The van der Waals surface area contributed by atoms with Crippen molar-refractivity contribution in [3.8, 4) is 5.75 Å². The van der Waals surface area contributed by atoms with Gasteiger partial charge in [-0.15, -0.1) is 0 Å². The number of carbonyl (C=O) groups is 3. The first-order valence-electron chi connectivity index (χ1n) is 11.5. The van der Waals surface area contributed by atoms with Gasteiger partial charge in [0.2, 0.25) is 0 Å². The number of carbonyl (C=O) groups excluding carboxylic acids is 2. The van der Waals surface area contributed by atoms with Gasteiger partial charge in [-0.25, -0.2) is 4.79 Å². The van der Waals surface area contributed by atoms with Crippen molar-refractivity contribution in [2.24, 2.45) is 5.73 Å². The van der Waals surface area contributed by atoms with Gasteiger partial charge in [0.25, 0.3) is 11.7 Å². The van der Waals surface area contributed by atoms with Crippen molar-refractivity contribution in [3.05, 3.63) is 65.4 Å². The molecule has 0 aliphatic carbocycles. The minimum absolute atomic E-state index is 0.0191. The smallest absolute Gasteiger partial charge is 0.341 e. The summed E-state index contributed by atoms with van der Waals surface area (Å²) in [7, 11) is 0. The van der Waals surface area contributed by atoms with Crippen LogP contribution in [-0.4, -0.2) is 33.9 Å². The van der Waals surface area contributed by atoms with Gasteiger partial charge in [0.15, 0.2) is 6.61 Å². The number of rotatable bonds is 8. The molecule has 0 bridgehead atoms. The fraction of sp³-hybridized carbons (Fsp3) is 0.190. The number of ether oxygens (including phenoxy) is 1. The largest absolute Gasteiger partial charge is 0.481 e. The molecule has 144 valence electrons. The van der Waals surface area contributed by atoms with Crippen LogP contribution in [0.1, 0.15) is 38.1 Å². The molecule has 1 amide bonds. The van der Waals surface area contributed by atoms with Gasteiger partial charge >= 0.3 is 5.97 Å². The van der Waals surface area contributed by atoms with Gasteiger partial charge < -0.3 is 20.1 Å². The van der Waals surface area contributed by atoms with E-state index in [9.17, 15) is 14.4 Å². The van der Waals surface area contributed by atoms with Crippen molar-refractivity contribution in [2.75, 3.05) is 6.61 Å². The van der Waals surface area contributed by atoms with Crippen LogP contribution in [0.2, 0.25) is 0 Å². The fourth-order valence-corrected chi connectivity index (χ4v) is 2.79. The molecule has 3 aromatic rings. The standard InChI is InChI=1S/C21H20N2O5/c1-2-14-19(20(26)21(22)27)18-15(9-6-10-16(18)28-12-17(24)25)23(14)11-13-7-4-3-5-8-13/h3-10H,2,11-12H2,1H3,(H2,22,27)(H,24,25)/i1D3,2D2,11D2. The van der Waals surface area contributed by atoms with Crippen molar-refractivity contribution < 1.29 is 33.8 Å². The first kappa shape index (κ1) is 12.0. The molecule has 0 unspecified atom stereocenters. The molecule has 0 fully saturated rings. The maximum absolute atomic E-state index is 13.0. The van der Waals surface area contributed by atoms with E-state index in [0.29, 0.717) is 4.57 Å². The van der Waals surface area contributed by atoms with Crippen molar-refractivity contribution in [2.45, 2.75) is 19.7 Å². The predicted molar refractivity (Wildman–Crippen MR) is 104 cm³/mol. The average Bonchev–Trinajstić information content (AvgIpc) is 3.14. The molecule has 0 saturated heterocycles. The Balaban J connectivity index is 2.60. The molecule has 3 N–H and O–H groups in total. The van der Waals surface area contributed by atoms with Crippen LogP contribution < -0.4 is 10.5 Å². The number of benzene rings is 2. The molecular weight excluding hydrogens is 360 g/mol. The van der Waals surface area contributed by atoms with Crippen molar-refractivity contribution in [1.29, 1.82) is 0 Å². The van der Waals surface area contributed by atoms with Gasteiger partial charge in [0, 0.05) is 19.0 Å². The van der Waals surface area contributed by atoms with E-state index in [2.05, 4.69) is 0 Å². The third kappa shape index (κ3) is 3.59. The summed E-state index contributed by atoms with van der Waals surface area (Å²) in [5.41, 5.74) is 3.17. The number of carboxylic acid groups (broad SMARTS) is 1. The number of fused-ring (bicyclic) bond motifs is 1. The van der Waals surface area contributed by atoms with Crippen LogP contribution in [0.4, 0.5) is 0 Å². The highest BCUT2D eigenvalue weighted by Crippen LogP contribution is 2.35. The van der Waals surface area contributed by atoms with Crippen LogP contribution in [-0.2, 0) is 22.5 Å². The van der Waals surface area contributed by atoms with Crippen LogP contribution in [0.25, 0.3) is 10.9 Å². The topological polar surface area (TPSA) is 112 Å². The van der Waals surface area contributed by atoms with Crippen LogP contribution in [0.3, 0.4) is 0 Å². The van der Waals surface area contributed by atoms with Crippen LogP contribution in [0.15, 0.2) is 48.5 Å². The van der Waals surface area contributed by atoms with Crippen molar-refractivity contribution in [3.63, 3.8) is 0 Å². The normalized spacial score (nSPS) is 15.9. The first-order valence-corrected chi connectivity index (χ1v) is 8.05. The first-order chi connectivity index (χ1) is 16.1. The molecule has 0 aliphatic heterocycles. The lowest BCUT2D eigenvalue weighted by Crippen LogP contribution is -2.24. The monoisotopic (exact) mass is 387 g/mol. The third-order valence-electron chi connectivity index (χ3n) is 3.89. The second-order valence-electron chi connectivity index (χ2n) is 5.69. The molecule has 7 heteroatoms. The van der Waals surface area contributed by atoms with E-state index in [1.807, 2.05) is 0 Å². The van der Waals surface area contributed by atoms with E-state index in [1.54, 1.807) is 6.07 Å². The molecule has 0 radical (unpaired) electrons. The molecule has 7 nitrogen and oxygen atoms in total. The number of Topliss-reactive ketones (excluding diaryl/α,β-unsaturated/α-hetero) is 1. The molecule has 0 spiro atoms. The predicted octanol–water partition coefficient (Wildman–Crippen LogP) is 2.38. The average molecular weight is 387 g/mol. The minimum atomic E-state index is -3.42. The molecular formula is C21H20N2O5. The minimum Gasteiger partial charge on any atom is -0.481 e. The van der Waals surface area contributed by atoms with Gasteiger partial charge in [-0.05, 0) is 24.1 Å². The van der Waals surface area contributed by atoms with E-state index in [0.717, 1.165) is 0 Å². The van der Waals surface area contributed by atoms with Gasteiger partial charge in [0.1, 0.15) is 5.75 Å². The highest BCUT2D eigenvalue weighted by molar-refractivity contribution is 6.45. The van der Waals surface area contributed by atoms with Crippen LogP contribution >= 0.6 is 0 Å². The Kier molecular flexibility index (Phi) is 3.40. The lowest BCUT2D eigenvalue weighted by atomic mass is 10.0. The highest BCUT2D eigenvalue weighted by atomic mass is 16.5. The Morgan fingerprint density at radius 3 is 2.57 bits per heavy atom. The summed E-state index contributed by atoms with van der Waals surface area (Å²) >= 11 is 0. The summed E-state index contributed by atoms with van der Waals surface area (Å²) < 4.78 is 63.8. The Hall–Kier alpha value is -3.61. The number of aliphatic carboxylic acids is 1. The Bertz CT molecular complexity index is 1320. The van der Waals surface area contributed by atoms with Crippen LogP contribution in [0.5, 0.6) is 5.75 Å². The Morgan fingerprint density at radius 2 is 1.93 bits per heavy atom.